The van der Waals surface area contributed by atoms with Crippen molar-refractivity contribution in [2.45, 2.75) is 5.88 Å². The summed E-state index contributed by atoms with van der Waals surface area (Å²) in [4.78, 5) is 18.7. The van der Waals surface area contributed by atoms with E-state index in [-0.39, 0.29) is 5.56 Å². The number of methoxy groups -OCH3 is 1. The molecule has 4 rings (SSSR count). The van der Waals surface area contributed by atoms with Crippen LogP contribution in [0.2, 0.25) is 0 Å². The number of ether oxygens (including phenoxy) is 1. The second-order valence-corrected chi connectivity index (χ2v) is 5.66. The van der Waals surface area contributed by atoms with E-state index in [2.05, 4.69) is 20.2 Å². The van der Waals surface area contributed by atoms with E-state index in [1.54, 1.807) is 7.11 Å². The van der Waals surface area contributed by atoms with Crippen LogP contribution < -0.4 is 10.3 Å². The smallest absolute Gasteiger partial charge is 0.277 e. The number of nitrogens with zero attached hydrogens (tertiary/aromatic N) is 2. The molecule has 6 nitrogen and oxygen atoms in total. The Morgan fingerprint density at radius 2 is 1.81 bits per heavy atom. The quantitative estimate of drug-likeness (QED) is 0.539. The Morgan fingerprint density at radius 3 is 2.46 bits per heavy atom. The fourth-order valence-corrected chi connectivity index (χ4v) is 2.48. The average Bonchev–Trinajstić information content (AvgIpc) is 3.18. The minimum absolute atomic E-state index is 0.207. The van der Waals surface area contributed by atoms with Crippen molar-refractivity contribution in [2.24, 2.45) is 0 Å². The molecule has 0 radical (unpaired) electrons. The summed E-state index contributed by atoms with van der Waals surface area (Å²) in [5.74, 6) is 1.98. The number of H-pyrrole nitrogens is 2. The fraction of sp³-hybridized carbons (Fsp3) is 0.105. The minimum Gasteiger partial charge on any atom is -0.497 e. The minimum atomic E-state index is -0.207. The maximum atomic E-state index is 11.7. The van der Waals surface area contributed by atoms with Gasteiger partial charge in [0.15, 0.2) is 0 Å². The van der Waals surface area contributed by atoms with Gasteiger partial charge in [0.25, 0.3) is 5.56 Å². The number of hydrogen-bond acceptors (Lipinski definition) is 4. The zero-order valence-electron chi connectivity index (χ0n) is 14.1. The maximum absolute atomic E-state index is 11.7. The second-order valence-electron chi connectivity index (χ2n) is 5.39. The topological polar surface area (TPSA) is 83.7 Å². The van der Waals surface area contributed by atoms with Crippen molar-refractivity contribution >= 4 is 22.6 Å². The highest BCUT2D eigenvalue weighted by atomic mass is 35.5. The van der Waals surface area contributed by atoms with Crippen LogP contribution in [0.15, 0.2) is 65.6 Å². The lowest BCUT2D eigenvalue weighted by molar-refractivity contribution is 0.414. The molecule has 132 valence electrons. The van der Waals surface area contributed by atoms with Crippen molar-refractivity contribution in [3.8, 4) is 17.1 Å². The maximum Gasteiger partial charge on any atom is 0.277 e. The van der Waals surface area contributed by atoms with Crippen LogP contribution in [0.3, 0.4) is 0 Å². The molecule has 2 N–H and O–H groups in total. The van der Waals surface area contributed by atoms with Gasteiger partial charge in [-0.3, -0.25) is 9.89 Å². The summed E-state index contributed by atoms with van der Waals surface area (Å²) in [5.41, 5.74) is 2.76. The monoisotopic (exact) mass is 368 g/mol. The first kappa shape index (κ1) is 17.7. The van der Waals surface area contributed by atoms with Crippen LogP contribution in [-0.2, 0) is 5.88 Å². The van der Waals surface area contributed by atoms with Gasteiger partial charge in [-0.25, -0.2) is 4.98 Å². The summed E-state index contributed by atoms with van der Waals surface area (Å²) < 4.78 is 4.97. The van der Waals surface area contributed by atoms with Crippen molar-refractivity contribution in [2.75, 3.05) is 7.11 Å². The summed E-state index contributed by atoms with van der Waals surface area (Å²) >= 11 is 5.58. The molecule has 2 heterocycles. The van der Waals surface area contributed by atoms with Gasteiger partial charge in [-0.05, 0) is 17.7 Å². The van der Waals surface area contributed by atoms with Crippen molar-refractivity contribution in [3.05, 3.63) is 76.7 Å². The zero-order chi connectivity index (χ0) is 18.4. The molecule has 0 aliphatic heterocycles. The molecular formula is C19H17ClN4O2. The van der Waals surface area contributed by atoms with Crippen LogP contribution in [0.1, 0.15) is 5.56 Å². The third-order valence-electron chi connectivity index (χ3n) is 3.67. The zero-order valence-corrected chi connectivity index (χ0v) is 14.8. The molecule has 0 atom stereocenters. The standard InChI is InChI=1S/C11H8N4O.C8H9ClO/c16-11-9-8(6-12-15-9)13-10(14-11)7-4-2-1-3-5-7;1-10-8-4-2-7(6-9)3-5-8/h1-6H,(H,12,15)(H,13,14,16);2-5H,6H2,1H3. The van der Waals surface area contributed by atoms with Crippen LogP contribution in [0, 0.1) is 0 Å². The molecule has 0 saturated heterocycles. The van der Waals surface area contributed by atoms with Crippen molar-refractivity contribution < 1.29 is 4.74 Å². The van der Waals surface area contributed by atoms with Crippen LogP contribution in [0.5, 0.6) is 5.75 Å². The number of alkyl halides is 1. The Labute approximate surface area is 154 Å². The number of nitrogens with one attached hydrogen (secondary N) is 2. The number of rotatable bonds is 3. The normalized spacial score (nSPS) is 10.2. The first-order chi connectivity index (χ1) is 12.7. The molecule has 2 aromatic heterocycles. The van der Waals surface area contributed by atoms with E-state index in [9.17, 15) is 4.79 Å². The molecule has 0 fully saturated rings. The van der Waals surface area contributed by atoms with E-state index in [0.29, 0.717) is 22.7 Å². The second kappa shape index (κ2) is 8.31. The predicted molar refractivity (Wildman–Crippen MR) is 102 cm³/mol. The summed E-state index contributed by atoms with van der Waals surface area (Å²) in [7, 11) is 1.65. The first-order valence-corrected chi connectivity index (χ1v) is 8.42. The van der Waals surface area contributed by atoms with E-state index in [0.717, 1.165) is 16.9 Å². The summed E-state index contributed by atoms with van der Waals surface area (Å²) in [5, 5.41) is 6.40. The van der Waals surface area contributed by atoms with Crippen LogP contribution in [-0.4, -0.2) is 27.3 Å². The lowest BCUT2D eigenvalue weighted by atomic mass is 10.2. The Kier molecular flexibility index (Phi) is 5.66. The Hall–Kier alpha value is -3.12. The SMILES string of the molecule is COc1ccc(CCl)cc1.O=c1[nH]c(-c2ccccc2)nc2cn[nH]c12. The highest BCUT2D eigenvalue weighted by molar-refractivity contribution is 6.17. The van der Waals surface area contributed by atoms with Gasteiger partial charge < -0.3 is 9.72 Å². The summed E-state index contributed by atoms with van der Waals surface area (Å²) in [6.07, 6.45) is 1.54. The number of aromatic nitrogens is 4. The third kappa shape index (κ3) is 4.10. The molecule has 4 aromatic rings. The van der Waals surface area contributed by atoms with E-state index < -0.39 is 0 Å². The number of benzene rings is 2. The Morgan fingerprint density at radius 1 is 1.08 bits per heavy atom. The van der Waals surface area contributed by atoms with Gasteiger partial charge in [0.2, 0.25) is 0 Å². The third-order valence-corrected chi connectivity index (χ3v) is 3.98. The number of hydrogen-bond donors (Lipinski definition) is 2. The Balaban J connectivity index is 0.000000170. The van der Waals surface area contributed by atoms with E-state index in [1.807, 2.05) is 54.6 Å². The van der Waals surface area contributed by atoms with Gasteiger partial charge in [-0.1, -0.05) is 42.5 Å². The largest absolute Gasteiger partial charge is 0.497 e. The van der Waals surface area contributed by atoms with Crippen molar-refractivity contribution in [1.29, 1.82) is 0 Å². The van der Waals surface area contributed by atoms with E-state index in [1.165, 1.54) is 6.20 Å². The van der Waals surface area contributed by atoms with Crippen LogP contribution in [0.25, 0.3) is 22.4 Å². The lowest BCUT2D eigenvalue weighted by Gasteiger charge is -1.99. The summed E-state index contributed by atoms with van der Waals surface area (Å²) in [6.45, 7) is 0. The van der Waals surface area contributed by atoms with Crippen LogP contribution in [0.4, 0.5) is 0 Å². The first-order valence-electron chi connectivity index (χ1n) is 7.89. The number of aromatic amines is 2. The van der Waals surface area contributed by atoms with E-state index >= 15 is 0 Å². The molecule has 0 saturated carbocycles. The molecular weight excluding hydrogens is 352 g/mol. The van der Waals surface area contributed by atoms with Crippen molar-refractivity contribution in [3.63, 3.8) is 0 Å². The Bertz CT molecular complexity index is 1000. The molecule has 7 heteroatoms. The van der Waals surface area contributed by atoms with Gasteiger partial charge in [0.05, 0.1) is 13.3 Å². The highest BCUT2D eigenvalue weighted by Crippen LogP contribution is 2.14. The number of fused-ring (bicyclic) bond motifs is 1. The van der Waals surface area contributed by atoms with Gasteiger partial charge in [-0.15, -0.1) is 11.6 Å². The summed E-state index contributed by atoms with van der Waals surface area (Å²) in [6, 6.07) is 17.2. The van der Waals surface area contributed by atoms with E-state index in [4.69, 9.17) is 16.3 Å². The van der Waals surface area contributed by atoms with Crippen LogP contribution >= 0.6 is 11.6 Å². The predicted octanol–water partition coefficient (Wildman–Crippen LogP) is 3.75. The highest BCUT2D eigenvalue weighted by Gasteiger charge is 2.06. The average molecular weight is 369 g/mol. The molecule has 0 spiro atoms. The molecule has 26 heavy (non-hydrogen) atoms. The molecule has 0 bridgehead atoms. The lowest BCUT2D eigenvalue weighted by Crippen LogP contribution is -2.09. The number of halogens is 1. The molecule has 2 aromatic carbocycles. The van der Waals surface area contributed by atoms with Gasteiger partial charge in [-0.2, -0.15) is 5.10 Å². The molecule has 0 aliphatic carbocycles. The fourth-order valence-electron chi connectivity index (χ4n) is 2.30. The molecule has 0 unspecified atom stereocenters. The van der Waals surface area contributed by atoms with Gasteiger partial charge in [0.1, 0.15) is 22.6 Å². The molecule has 0 amide bonds. The molecule has 0 aliphatic rings. The van der Waals surface area contributed by atoms with Crippen molar-refractivity contribution in [1.82, 2.24) is 20.2 Å². The van der Waals surface area contributed by atoms with Gasteiger partial charge in [0, 0.05) is 11.4 Å². The van der Waals surface area contributed by atoms with Gasteiger partial charge >= 0.3 is 0 Å².